The van der Waals surface area contributed by atoms with Crippen LogP contribution in [-0.4, -0.2) is 13.2 Å². The Hall–Kier alpha value is -1.02. The highest BCUT2D eigenvalue weighted by atomic mass is 16.5. The smallest absolute Gasteiger partial charge is 0.0713 e. The van der Waals surface area contributed by atoms with Crippen molar-refractivity contribution in [1.82, 2.24) is 0 Å². The summed E-state index contributed by atoms with van der Waals surface area (Å²) in [6, 6.07) is 9.19. The Bertz CT molecular complexity index is 376. The zero-order chi connectivity index (χ0) is 13.0. The molecule has 0 aromatic heterocycles. The lowest BCUT2D eigenvalue weighted by molar-refractivity contribution is 0.185. The van der Waals surface area contributed by atoms with E-state index in [4.69, 9.17) is 4.74 Å². The largest absolute Gasteiger partial charge is 0.382 e. The van der Waals surface area contributed by atoms with Crippen molar-refractivity contribution >= 4 is 5.69 Å². The van der Waals surface area contributed by atoms with Crippen LogP contribution in [-0.2, 0) is 11.3 Å². The van der Waals surface area contributed by atoms with Gasteiger partial charge in [-0.2, -0.15) is 0 Å². The number of rotatable bonds is 4. The van der Waals surface area contributed by atoms with Crippen LogP contribution in [0.5, 0.6) is 0 Å². The summed E-state index contributed by atoms with van der Waals surface area (Å²) in [4.78, 5) is 0. The SMILES string of the molecule is COCc1cccc(NC2CCC(C)(C)CC2)c1. The average molecular weight is 247 g/mol. The second-order valence-electron chi connectivity index (χ2n) is 6.22. The number of nitrogens with one attached hydrogen (secondary N) is 1. The van der Waals surface area contributed by atoms with Gasteiger partial charge in [0.2, 0.25) is 0 Å². The number of anilines is 1. The number of ether oxygens (including phenoxy) is 1. The first-order valence-corrected chi connectivity index (χ1v) is 6.93. The third kappa shape index (κ3) is 3.74. The van der Waals surface area contributed by atoms with Crippen LogP contribution in [0.2, 0.25) is 0 Å². The molecule has 1 aromatic carbocycles. The molecule has 1 aromatic rings. The van der Waals surface area contributed by atoms with Crippen LogP contribution in [0.25, 0.3) is 0 Å². The van der Waals surface area contributed by atoms with E-state index in [0.29, 0.717) is 18.1 Å². The fraction of sp³-hybridized carbons (Fsp3) is 0.625. The Balaban J connectivity index is 1.91. The summed E-state index contributed by atoms with van der Waals surface area (Å²) < 4.78 is 5.17. The number of hydrogen-bond donors (Lipinski definition) is 1. The summed E-state index contributed by atoms with van der Waals surface area (Å²) in [6.45, 7) is 5.44. The molecule has 1 N–H and O–H groups in total. The van der Waals surface area contributed by atoms with Gasteiger partial charge in [0, 0.05) is 18.8 Å². The Labute approximate surface area is 111 Å². The van der Waals surface area contributed by atoms with E-state index in [-0.39, 0.29) is 0 Å². The summed E-state index contributed by atoms with van der Waals surface area (Å²) in [5, 5.41) is 3.66. The summed E-state index contributed by atoms with van der Waals surface area (Å²) >= 11 is 0. The molecule has 2 nitrogen and oxygen atoms in total. The van der Waals surface area contributed by atoms with Crippen LogP contribution in [0.15, 0.2) is 24.3 Å². The standard InChI is InChI=1S/C16H25NO/c1-16(2)9-7-14(8-10-16)17-15-6-4-5-13(11-15)12-18-3/h4-6,11,14,17H,7-10,12H2,1-3H3. The molecule has 1 aliphatic rings. The highest BCUT2D eigenvalue weighted by Gasteiger charge is 2.26. The lowest BCUT2D eigenvalue weighted by atomic mass is 9.75. The summed E-state index contributed by atoms with van der Waals surface area (Å²) in [6.07, 6.45) is 5.20. The van der Waals surface area contributed by atoms with Crippen molar-refractivity contribution in [3.8, 4) is 0 Å². The molecular weight excluding hydrogens is 222 g/mol. The van der Waals surface area contributed by atoms with Crippen LogP contribution in [0, 0.1) is 5.41 Å². The predicted molar refractivity (Wildman–Crippen MR) is 76.8 cm³/mol. The molecule has 0 bridgehead atoms. The first-order chi connectivity index (χ1) is 8.59. The topological polar surface area (TPSA) is 21.3 Å². The van der Waals surface area contributed by atoms with Gasteiger partial charge < -0.3 is 10.1 Å². The zero-order valence-electron chi connectivity index (χ0n) is 11.8. The molecule has 100 valence electrons. The molecule has 2 heteroatoms. The Morgan fingerprint density at radius 2 is 2.00 bits per heavy atom. The normalized spacial score (nSPS) is 19.7. The van der Waals surface area contributed by atoms with Gasteiger partial charge in [-0.1, -0.05) is 26.0 Å². The second kappa shape index (κ2) is 5.75. The van der Waals surface area contributed by atoms with Crippen molar-refractivity contribution in [3.63, 3.8) is 0 Å². The van der Waals surface area contributed by atoms with E-state index >= 15 is 0 Å². The molecule has 0 unspecified atom stereocenters. The van der Waals surface area contributed by atoms with Crippen molar-refractivity contribution in [3.05, 3.63) is 29.8 Å². The summed E-state index contributed by atoms with van der Waals surface area (Å²) in [5.41, 5.74) is 3.00. The molecule has 2 rings (SSSR count). The van der Waals surface area contributed by atoms with Gasteiger partial charge in [0.25, 0.3) is 0 Å². The van der Waals surface area contributed by atoms with Gasteiger partial charge in [-0.3, -0.25) is 0 Å². The zero-order valence-corrected chi connectivity index (χ0v) is 11.8. The molecule has 1 saturated carbocycles. The number of hydrogen-bond acceptors (Lipinski definition) is 2. The van der Waals surface area contributed by atoms with Crippen molar-refractivity contribution in [2.24, 2.45) is 5.41 Å². The fourth-order valence-electron chi connectivity index (χ4n) is 2.70. The van der Waals surface area contributed by atoms with Crippen LogP contribution < -0.4 is 5.32 Å². The van der Waals surface area contributed by atoms with Crippen LogP contribution in [0.3, 0.4) is 0 Å². The molecule has 0 amide bonds. The van der Waals surface area contributed by atoms with Gasteiger partial charge in [-0.25, -0.2) is 0 Å². The first-order valence-electron chi connectivity index (χ1n) is 6.93. The molecule has 0 atom stereocenters. The summed E-state index contributed by atoms with van der Waals surface area (Å²) in [7, 11) is 1.74. The molecular formula is C16H25NO. The van der Waals surface area contributed by atoms with Gasteiger partial charge in [-0.15, -0.1) is 0 Å². The predicted octanol–water partition coefficient (Wildman–Crippen LogP) is 4.21. The van der Waals surface area contributed by atoms with E-state index in [1.807, 2.05) is 0 Å². The van der Waals surface area contributed by atoms with E-state index < -0.39 is 0 Å². The minimum absolute atomic E-state index is 0.538. The van der Waals surface area contributed by atoms with E-state index in [0.717, 1.165) is 0 Å². The van der Waals surface area contributed by atoms with Gasteiger partial charge in [0.1, 0.15) is 0 Å². The van der Waals surface area contributed by atoms with Crippen molar-refractivity contribution in [1.29, 1.82) is 0 Å². The van der Waals surface area contributed by atoms with E-state index in [1.54, 1.807) is 7.11 Å². The van der Waals surface area contributed by atoms with E-state index in [2.05, 4.69) is 43.4 Å². The Morgan fingerprint density at radius 3 is 2.67 bits per heavy atom. The maximum absolute atomic E-state index is 5.17. The average Bonchev–Trinajstić information content (AvgIpc) is 2.33. The van der Waals surface area contributed by atoms with Gasteiger partial charge in [0.15, 0.2) is 0 Å². The lowest BCUT2D eigenvalue weighted by Gasteiger charge is -2.35. The molecule has 0 radical (unpaired) electrons. The maximum Gasteiger partial charge on any atom is 0.0713 e. The Kier molecular flexibility index (Phi) is 4.28. The maximum atomic E-state index is 5.17. The van der Waals surface area contributed by atoms with Gasteiger partial charge >= 0.3 is 0 Å². The third-order valence-electron chi connectivity index (χ3n) is 3.95. The van der Waals surface area contributed by atoms with Gasteiger partial charge in [-0.05, 0) is 48.8 Å². The van der Waals surface area contributed by atoms with E-state index in [1.165, 1.54) is 36.9 Å². The van der Waals surface area contributed by atoms with Crippen LogP contribution in [0.1, 0.15) is 45.1 Å². The summed E-state index contributed by atoms with van der Waals surface area (Å²) in [5.74, 6) is 0. The highest BCUT2D eigenvalue weighted by Crippen LogP contribution is 2.36. The fourth-order valence-corrected chi connectivity index (χ4v) is 2.70. The minimum atomic E-state index is 0.538. The molecule has 1 aliphatic carbocycles. The molecule has 0 saturated heterocycles. The van der Waals surface area contributed by atoms with Crippen molar-refractivity contribution < 1.29 is 4.74 Å². The minimum Gasteiger partial charge on any atom is -0.382 e. The molecule has 18 heavy (non-hydrogen) atoms. The van der Waals surface area contributed by atoms with Gasteiger partial charge in [0.05, 0.1) is 6.61 Å². The lowest BCUT2D eigenvalue weighted by Crippen LogP contribution is -2.29. The quantitative estimate of drug-likeness (QED) is 0.860. The van der Waals surface area contributed by atoms with Crippen molar-refractivity contribution in [2.75, 3.05) is 12.4 Å². The number of benzene rings is 1. The molecule has 0 heterocycles. The van der Waals surface area contributed by atoms with E-state index in [9.17, 15) is 0 Å². The Morgan fingerprint density at radius 1 is 1.28 bits per heavy atom. The monoisotopic (exact) mass is 247 g/mol. The second-order valence-corrected chi connectivity index (χ2v) is 6.22. The van der Waals surface area contributed by atoms with Crippen LogP contribution in [0.4, 0.5) is 5.69 Å². The first kappa shape index (κ1) is 13.4. The highest BCUT2D eigenvalue weighted by molar-refractivity contribution is 5.46. The number of methoxy groups -OCH3 is 1. The molecule has 1 fully saturated rings. The third-order valence-corrected chi connectivity index (χ3v) is 3.95. The molecule has 0 spiro atoms. The molecule has 0 aliphatic heterocycles. The van der Waals surface area contributed by atoms with Crippen molar-refractivity contribution in [2.45, 2.75) is 52.2 Å². The van der Waals surface area contributed by atoms with Crippen LogP contribution >= 0.6 is 0 Å².